The number of hydrogen-bond donors (Lipinski definition) is 1. The Morgan fingerprint density at radius 1 is 0.795 bits per heavy atom. The first-order chi connectivity index (χ1) is 21.4. The molecule has 3 aliphatic heterocycles. The summed E-state index contributed by atoms with van der Waals surface area (Å²) in [5.74, 6) is -0.673. The van der Waals surface area contributed by atoms with E-state index in [1.165, 1.54) is 14.2 Å². The fraction of sp³-hybridized carbons (Fsp3) is 0.194. The number of carbonyl (C=O) groups is 3. The minimum atomic E-state index is -1.44. The van der Waals surface area contributed by atoms with E-state index in [4.69, 9.17) is 14.2 Å². The number of fused-ring (bicyclic) bond motifs is 6. The Morgan fingerprint density at radius 2 is 1.50 bits per heavy atom. The van der Waals surface area contributed by atoms with Crippen LogP contribution in [0.25, 0.3) is 6.08 Å². The summed E-state index contributed by atoms with van der Waals surface area (Å²) in [5, 5.41) is 3.07. The number of ether oxygens (including phenoxy) is 3. The number of nitrogens with one attached hydrogen (secondary N) is 1. The molecule has 8 heteroatoms. The second-order valence-electron chi connectivity index (χ2n) is 11.1. The number of Topliss-reactive ketones (excluding diaryl/α,β-unsaturated/α-hetero) is 2. The van der Waals surface area contributed by atoms with Crippen molar-refractivity contribution in [3.63, 3.8) is 0 Å². The van der Waals surface area contributed by atoms with E-state index >= 15 is 4.79 Å². The van der Waals surface area contributed by atoms with E-state index in [2.05, 4.69) is 5.32 Å². The molecule has 0 aromatic heterocycles. The highest BCUT2D eigenvalue weighted by Gasteiger charge is 2.70. The number of benzene rings is 4. The summed E-state index contributed by atoms with van der Waals surface area (Å²) >= 11 is 0. The number of rotatable bonds is 7. The van der Waals surface area contributed by atoms with Crippen molar-refractivity contribution in [2.75, 3.05) is 26.6 Å². The molecule has 1 amide bonds. The number of nitrogens with zero attached hydrogens (tertiary/aromatic N) is 1. The third kappa shape index (κ3) is 3.80. The van der Waals surface area contributed by atoms with Gasteiger partial charge in [0.1, 0.15) is 28.7 Å². The molecule has 3 heterocycles. The molecule has 1 spiro atoms. The van der Waals surface area contributed by atoms with E-state index < -0.39 is 23.4 Å². The molecule has 4 atom stereocenters. The lowest BCUT2D eigenvalue weighted by Crippen LogP contribution is -2.49. The number of carbonyl (C=O) groups excluding carboxylic acids is 3. The Labute approximate surface area is 254 Å². The third-order valence-corrected chi connectivity index (χ3v) is 9.17. The van der Waals surface area contributed by atoms with Gasteiger partial charge in [0.2, 0.25) is 5.91 Å². The Hall–Kier alpha value is -5.37. The molecule has 0 radical (unpaired) electrons. The molecule has 1 saturated heterocycles. The lowest BCUT2D eigenvalue weighted by atomic mass is 9.62. The first-order valence-electron chi connectivity index (χ1n) is 14.3. The Bertz CT molecular complexity index is 1850. The van der Waals surface area contributed by atoms with Crippen LogP contribution in [0.5, 0.6) is 17.2 Å². The van der Waals surface area contributed by atoms with Crippen LogP contribution in [0.4, 0.5) is 5.69 Å². The molecule has 3 aliphatic rings. The van der Waals surface area contributed by atoms with Crippen LogP contribution in [0, 0.1) is 5.92 Å². The predicted octanol–water partition coefficient (Wildman–Crippen LogP) is 5.69. The monoisotopic (exact) mass is 586 g/mol. The lowest BCUT2D eigenvalue weighted by Gasteiger charge is -2.38. The normalized spacial score (nSPS) is 22.6. The van der Waals surface area contributed by atoms with Crippen LogP contribution in [0.2, 0.25) is 0 Å². The van der Waals surface area contributed by atoms with E-state index in [1.807, 2.05) is 65.7 Å². The minimum Gasteiger partial charge on any atom is -0.497 e. The second kappa shape index (κ2) is 10.4. The van der Waals surface area contributed by atoms with Crippen LogP contribution in [0.15, 0.2) is 97.2 Å². The highest BCUT2D eigenvalue weighted by Crippen LogP contribution is 2.62. The van der Waals surface area contributed by atoms with Gasteiger partial charge in [0.15, 0.2) is 11.6 Å². The molecule has 0 bridgehead atoms. The average molecular weight is 587 g/mol. The molecule has 1 N–H and O–H groups in total. The van der Waals surface area contributed by atoms with Gasteiger partial charge in [-0.05, 0) is 65.2 Å². The number of methoxy groups -OCH3 is 3. The average Bonchev–Trinajstić information content (AvgIpc) is 3.55. The van der Waals surface area contributed by atoms with Gasteiger partial charge in [-0.15, -0.1) is 0 Å². The topological polar surface area (TPSA) is 94.2 Å². The molecular weight excluding hydrogens is 556 g/mol. The summed E-state index contributed by atoms with van der Waals surface area (Å²) < 4.78 is 16.4. The van der Waals surface area contributed by atoms with E-state index in [0.29, 0.717) is 34.1 Å². The predicted molar refractivity (Wildman–Crippen MR) is 165 cm³/mol. The van der Waals surface area contributed by atoms with Crippen molar-refractivity contribution in [2.24, 2.45) is 5.92 Å². The molecule has 4 aromatic carbocycles. The highest BCUT2D eigenvalue weighted by molar-refractivity contribution is 6.17. The van der Waals surface area contributed by atoms with Crippen molar-refractivity contribution in [2.45, 2.75) is 17.5 Å². The summed E-state index contributed by atoms with van der Waals surface area (Å²) in [6, 6.07) is 25.4. The van der Waals surface area contributed by atoms with Crippen molar-refractivity contribution in [1.82, 2.24) is 4.90 Å². The van der Waals surface area contributed by atoms with E-state index in [0.717, 1.165) is 11.1 Å². The van der Waals surface area contributed by atoms with Gasteiger partial charge >= 0.3 is 0 Å². The number of amides is 1. The van der Waals surface area contributed by atoms with Crippen LogP contribution in [0.1, 0.15) is 43.4 Å². The van der Waals surface area contributed by atoms with Gasteiger partial charge in [-0.3, -0.25) is 14.4 Å². The molecule has 0 aliphatic carbocycles. The van der Waals surface area contributed by atoms with Crippen LogP contribution in [-0.4, -0.2) is 49.7 Å². The Balaban J connectivity index is 1.52. The van der Waals surface area contributed by atoms with Gasteiger partial charge in [-0.2, -0.15) is 0 Å². The van der Waals surface area contributed by atoms with Gasteiger partial charge in [0.25, 0.3) is 0 Å². The SMILES string of the molecule is COc1ccc(C(=O)C2C(C(=O)c3ccc(OC)cc3OC)C3(C(=O)Nc4ccccc43)C3c4ccccc4C=CN23)cc1. The first kappa shape index (κ1) is 27.5. The minimum absolute atomic E-state index is 0.263. The maximum Gasteiger partial charge on any atom is 0.238 e. The zero-order valence-electron chi connectivity index (χ0n) is 24.4. The Morgan fingerprint density at radius 3 is 2.25 bits per heavy atom. The van der Waals surface area contributed by atoms with E-state index in [1.54, 1.807) is 49.6 Å². The molecule has 0 saturated carbocycles. The van der Waals surface area contributed by atoms with Crippen LogP contribution < -0.4 is 19.5 Å². The Kier molecular flexibility index (Phi) is 6.50. The summed E-state index contributed by atoms with van der Waals surface area (Å²) in [7, 11) is 4.58. The quantitative estimate of drug-likeness (QED) is 0.278. The van der Waals surface area contributed by atoms with Gasteiger partial charge in [0.05, 0.1) is 38.9 Å². The van der Waals surface area contributed by atoms with E-state index in [9.17, 15) is 9.59 Å². The molecule has 4 unspecified atom stereocenters. The fourth-order valence-electron chi connectivity index (χ4n) is 7.26. The van der Waals surface area contributed by atoms with E-state index in [-0.39, 0.29) is 23.0 Å². The van der Waals surface area contributed by atoms with Crippen molar-refractivity contribution in [1.29, 1.82) is 0 Å². The summed E-state index contributed by atoms with van der Waals surface area (Å²) in [6.07, 6.45) is 3.79. The number of hydrogen-bond acceptors (Lipinski definition) is 7. The fourth-order valence-corrected chi connectivity index (χ4v) is 7.26. The number of para-hydroxylation sites is 1. The lowest BCUT2D eigenvalue weighted by molar-refractivity contribution is -0.122. The van der Waals surface area contributed by atoms with Gasteiger partial charge in [-0.1, -0.05) is 42.5 Å². The second-order valence-corrected chi connectivity index (χ2v) is 11.1. The third-order valence-electron chi connectivity index (χ3n) is 9.17. The van der Waals surface area contributed by atoms with Gasteiger partial charge in [0, 0.05) is 23.5 Å². The zero-order valence-corrected chi connectivity index (χ0v) is 24.4. The zero-order chi connectivity index (χ0) is 30.6. The molecule has 4 aromatic rings. The maximum absolute atomic E-state index is 15.1. The molecule has 8 nitrogen and oxygen atoms in total. The summed E-state index contributed by atoms with van der Waals surface area (Å²) in [4.78, 5) is 46.4. The smallest absolute Gasteiger partial charge is 0.238 e. The van der Waals surface area contributed by atoms with Crippen LogP contribution in [-0.2, 0) is 10.2 Å². The molecule has 44 heavy (non-hydrogen) atoms. The summed E-state index contributed by atoms with van der Waals surface area (Å²) in [6.45, 7) is 0. The van der Waals surface area contributed by atoms with Crippen molar-refractivity contribution < 1.29 is 28.6 Å². The number of ketones is 2. The highest BCUT2D eigenvalue weighted by atomic mass is 16.5. The van der Waals surface area contributed by atoms with Crippen molar-refractivity contribution in [3.05, 3.63) is 125 Å². The molecule has 7 rings (SSSR count). The first-order valence-corrected chi connectivity index (χ1v) is 14.3. The summed E-state index contributed by atoms with van der Waals surface area (Å²) in [5.41, 5.74) is 2.33. The number of anilines is 1. The molecule has 220 valence electrons. The largest absolute Gasteiger partial charge is 0.497 e. The van der Waals surface area contributed by atoms with Gasteiger partial charge < -0.3 is 24.4 Å². The molecular formula is C36H30N2O6. The van der Waals surface area contributed by atoms with Gasteiger partial charge in [-0.25, -0.2) is 0 Å². The standard InChI is InChI=1S/C36H30N2O6/c1-42-23-14-12-22(13-15-23)32(39)31-30(33(40)26-17-16-24(43-2)20-29(26)44-3)36(27-10-6-7-11-28(27)37-35(36)41)34-25-9-5-4-8-21(25)18-19-38(31)34/h4-20,30-31,34H,1-3H3,(H,37,41). The van der Waals surface area contributed by atoms with Crippen LogP contribution in [0.3, 0.4) is 0 Å². The van der Waals surface area contributed by atoms with Crippen molar-refractivity contribution in [3.8, 4) is 17.2 Å². The maximum atomic E-state index is 15.1. The van der Waals surface area contributed by atoms with Crippen LogP contribution >= 0.6 is 0 Å². The molecule has 1 fully saturated rings. The van der Waals surface area contributed by atoms with Crippen molar-refractivity contribution >= 4 is 29.2 Å².